The Kier molecular flexibility index (Phi) is 4.13. The van der Waals surface area contributed by atoms with Crippen LogP contribution in [0.1, 0.15) is 16.8 Å². The summed E-state index contributed by atoms with van der Waals surface area (Å²) in [5.74, 6) is 0.573. The first-order chi connectivity index (χ1) is 6.70. The third kappa shape index (κ3) is 2.33. The molecule has 0 aliphatic carbocycles. The second-order valence-electron chi connectivity index (χ2n) is 3.22. The summed E-state index contributed by atoms with van der Waals surface area (Å²) in [6, 6.07) is 4.96. The SMILES string of the molecule is Cl.NC1CCOc2c(Br)cccc2C1=O. The van der Waals surface area contributed by atoms with Gasteiger partial charge in [0, 0.05) is 6.42 Å². The third-order valence-corrected chi connectivity index (χ3v) is 2.87. The lowest BCUT2D eigenvalue weighted by Crippen LogP contribution is -2.30. The van der Waals surface area contributed by atoms with E-state index < -0.39 is 6.04 Å². The number of carbonyl (C=O) groups is 1. The van der Waals surface area contributed by atoms with Crippen LogP contribution in [0.2, 0.25) is 0 Å². The first-order valence-corrected chi connectivity index (χ1v) is 5.20. The van der Waals surface area contributed by atoms with Crippen LogP contribution in [0.3, 0.4) is 0 Å². The summed E-state index contributed by atoms with van der Waals surface area (Å²) in [7, 11) is 0. The Morgan fingerprint density at radius 2 is 2.20 bits per heavy atom. The summed E-state index contributed by atoms with van der Waals surface area (Å²) < 4.78 is 6.28. The quantitative estimate of drug-likeness (QED) is 0.797. The Hall–Kier alpha value is -0.580. The van der Waals surface area contributed by atoms with Crippen LogP contribution in [0.5, 0.6) is 5.75 Å². The zero-order chi connectivity index (χ0) is 10.1. The average molecular weight is 293 g/mol. The first kappa shape index (κ1) is 12.5. The Morgan fingerprint density at radius 3 is 2.93 bits per heavy atom. The van der Waals surface area contributed by atoms with Crippen LogP contribution in [0.15, 0.2) is 22.7 Å². The molecule has 0 spiro atoms. The number of para-hydroxylation sites is 1. The lowest BCUT2D eigenvalue weighted by atomic mass is 10.0. The van der Waals surface area contributed by atoms with E-state index in [0.717, 1.165) is 4.47 Å². The minimum Gasteiger partial charge on any atom is -0.492 e. The van der Waals surface area contributed by atoms with Crippen molar-refractivity contribution < 1.29 is 9.53 Å². The number of ketones is 1. The van der Waals surface area contributed by atoms with Gasteiger partial charge in [0.2, 0.25) is 0 Å². The molecule has 1 aromatic rings. The molecular weight excluding hydrogens is 281 g/mol. The second kappa shape index (κ2) is 4.96. The summed E-state index contributed by atoms with van der Waals surface area (Å²) in [6.45, 7) is 0.489. The van der Waals surface area contributed by atoms with Gasteiger partial charge in [0.25, 0.3) is 0 Å². The van der Waals surface area contributed by atoms with Gasteiger partial charge in [0.05, 0.1) is 22.7 Å². The summed E-state index contributed by atoms with van der Waals surface area (Å²) >= 11 is 3.35. The molecule has 1 aliphatic heterocycles. The van der Waals surface area contributed by atoms with Crippen LogP contribution < -0.4 is 10.5 Å². The number of ether oxygens (including phenoxy) is 1. The molecule has 0 fully saturated rings. The van der Waals surface area contributed by atoms with E-state index in [0.29, 0.717) is 24.3 Å². The molecular formula is C10H11BrClNO2. The van der Waals surface area contributed by atoms with Gasteiger partial charge in [-0.3, -0.25) is 4.79 Å². The van der Waals surface area contributed by atoms with Crippen molar-refractivity contribution in [3.8, 4) is 5.75 Å². The molecule has 1 atom stereocenters. The van der Waals surface area contributed by atoms with Crippen molar-refractivity contribution in [2.75, 3.05) is 6.61 Å². The molecule has 1 heterocycles. The minimum atomic E-state index is -0.439. The van der Waals surface area contributed by atoms with Crippen molar-refractivity contribution in [1.29, 1.82) is 0 Å². The zero-order valence-corrected chi connectivity index (χ0v) is 10.3. The smallest absolute Gasteiger partial charge is 0.183 e. The molecule has 0 saturated carbocycles. The van der Waals surface area contributed by atoms with E-state index >= 15 is 0 Å². The number of benzene rings is 1. The Balaban J connectivity index is 0.00000112. The summed E-state index contributed by atoms with van der Waals surface area (Å²) in [5.41, 5.74) is 6.27. The van der Waals surface area contributed by atoms with Crippen molar-refractivity contribution in [2.45, 2.75) is 12.5 Å². The molecule has 2 rings (SSSR count). The van der Waals surface area contributed by atoms with Gasteiger partial charge >= 0.3 is 0 Å². The number of rotatable bonds is 0. The van der Waals surface area contributed by atoms with Gasteiger partial charge in [-0.15, -0.1) is 12.4 Å². The van der Waals surface area contributed by atoms with Gasteiger partial charge in [-0.05, 0) is 28.1 Å². The van der Waals surface area contributed by atoms with Gasteiger partial charge in [0.15, 0.2) is 5.78 Å². The van der Waals surface area contributed by atoms with E-state index in [-0.39, 0.29) is 18.2 Å². The van der Waals surface area contributed by atoms with E-state index in [9.17, 15) is 4.79 Å². The maximum Gasteiger partial charge on any atom is 0.183 e. The average Bonchev–Trinajstić information content (AvgIpc) is 2.31. The van der Waals surface area contributed by atoms with Gasteiger partial charge in [-0.2, -0.15) is 0 Å². The van der Waals surface area contributed by atoms with E-state index in [4.69, 9.17) is 10.5 Å². The molecule has 1 aliphatic rings. The molecule has 5 heteroatoms. The predicted molar refractivity (Wildman–Crippen MR) is 63.8 cm³/mol. The number of hydrogen-bond acceptors (Lipinski definition) is 3. The monoisotopic (exact) mass is 291 g/mol. The van der Waals surface area contributed by atoms with Crippen molar-refractivity contribution in [3.63, 3.8) is 0 Å². The summed E-state index contributed by atoms with van der Waals surface area (Å²) in [6.07, 6.45) is 0.569. The number of nitrogens with two attached hydrogens (primary N) is 1. The van der Waals surface area contributed by atoms with Crippen LogP contribution in [-0.4, -0.2) is 18.4 Å². The number of fused-ring (bicyclic) bond motifs is 1. The predicted octanol–water partition coefficient (Wildman–Crippen LogP) is 2.16. The fraction of sp³-hybridized carbons (Fsp3) is 0.300. The second-order valence-corrected chi connectivity index (χ2v) is 4.08. The van der Waals surface area contributed by atoms with Gasteiger partial charge < -0.3 is 10.5 Å². The van der Waals surface area contributed by atoms with Crippen LogP contribution in [0.25, 0.3) is 0 Å². The molecule has 0 saturated heterocycles. The third-order valence-electron chi connectivity index (χ3n) is 2.24. The number of carbonyl (C=O) groups excluding carboxylic acids is 1. The molecule has 0 radical (unpaired) electrons. The van der Waals surface area contributed by atoms with E-state index in [1.807, 2.05) is 12.1 Å². The fourth-order valence-electron chi connectivity index (χ4n) is 1.47. The first-order valence-electron chi connectivity index (χ1n) is 4.41. The van der Waals surface area contributed by atoms with Gasteiger partial charge in [-0.1, -0.05) is 6.07 Å². The molecule has 0 amide bonds. The molecule has 3 nitrogen and oxygen atoms in total. The molecule has 82 valence electrons. The molecule has 2 N–H and O–H groups in total. The van der Waals surface area contributed by atoms with Crippen molar-refractivity contribution >= 4 is 34.1 Å². The number of Topliss-reactive ketones (excluding diaryl/α,β-unsaturated/α-hetero) is 1. The minimum absolute atomic E-state index is 0. The Morgan fingerprint density at radius 1 is 1.47 bits per heavy atom. The van der Waals surface area contributed by atoms with Crippen LogP contribution in [-0.2, 0) is 0 Å². The Labute approximate surface area is 103 Å². The maximum absolute atomic E-state index is 11.8. The molecule has 0 aromatic heterocycles. The maximum atomic E-state index is 11.8. The van der Waals surface area contributed by atoms with Crippen molar-refractivity contribution in [3.05, 3.63) is 28.2 Å². The molecule has 1 aromatic carbocycles. The van der Waals surface area contributed by atoms with Crippen LogP contribution >= 0.6 is 28.3 Å². The fourth-order valence-corrected chi connectivity index (χ4v) is 1.95. The molecule has 15 heavy (non-hydrogen) atoms. The highest BCUT2D eigenvalue weighted by Crippen LogP contribution is 2.31. The van der Waals surface area contributed by atoms with Crippen LogP contribution in [0.4, 0.5) is 0 Å². The highest BCUT2D eigenvalue weighted by atomic mass is 79.9. The van der Waals surface area contributed by atoms with Gasteiger partial charge in [0.1, 0.15) is 5.75 Å². The van der Waals surface area contributed by atoms with E-state index in [1.165, 1.54) is 0 Å². The van der Waals surface area contributed by atoms with Crippen molar-refractivity contribution in [2.24, 2.45) is 5.73 Å². The zero-order valence-electron chi connectivity index (χ0n) is 7.90. The normalized spacial score (nSPS) is 19.6. The largest absolute Gasteiger partial charge is 0.492 e. The van der Waals surface area contributed by atoms with Gasteiger partial charge in [-0.25, -0.2) is 0 Å². The molecule has 1 unspecified atom stereocenters. The lowest BCUT2D eigenvalue weighted by Gasteiger charge is -2.07. The molecule has 0 bridgehead atoms. The number of halogens is 2. The summed E-state index contributed by atoms with van der Waals surface area (Å²) in [4.78, 5) is 11.8. The highest BCUT2D eigenvalue weighted by molar-refractivity contribution is 9.10. The van der Waals surface area contributed by atoms with E-state index in [1.54, 1.807) is 6.07 Å². The number of hydrogen-bond donors (Lipinski definition) is 1. The standard InChI is InChI=1S/C10H10BrNO2.ClH/c11-7-3-1-2-6-9(13)8(12)4-5-14-10(6)7;/h1-3,8H,4-5,12H2;1H. The summed E-state index contributed by atoms with van der Waals surface area (Å²) in [5, 5.41) is 0. The lowest BCUT2D eigenvalue weighted by molar-refractivity contribution is 0.0960. The van der Waals surface area contributed by atoms with Crippen molar-refractivity contribution in [1.82, 2.24) is 0 Å². The Bertz CT molecular complexity index is 384. The topological polar surface area (TPSA) is 52.3 Å². The van der Waals surface area contributed by atoms with E-state index in [2.05, 4.69) is 15.9 Å². The highest BCUT2D eigenvalue weighted by Gasteiger charge is 2.24. The van der Waals surface area contributed by atoms with Crippen LogP contribution in [0, 0.1) is 0 Å².